The number of likely N-dealkylation sites (N-methyl/N-ethyl adjacent to an activating group) is 1. The Morgan fingerprint density at radius 3 is 2.71 bits per heavy atom. The van der Waals surface area contributed by atoms with Gasteiger partial charge in [0.05, 0.1) is 0 Å². The van der Waals surface area contributed by atoms with Crippen LogP contribution in [-0.4, -0.2) is 19.4 Å². The van der Waals surface area contributed by atoms with E-state index in [0.717, 1.165) is 23.0 Å². The topological polar surface area (TPSA) is 29.1 Å². The third-order valence-corrected chi connectivity index (χ3v) is 3.81. The molecule has 21 heavy (non-hydrogen) atoms. The molecule has 4 heteroatoms. The Balaban J connectivity index is 2.22. The molecule has 0 saturated carbocycles. The van der Waals surface area contributed by atoms with Gasteiger partial charge in [0, 0.05) is 16.5 Å². The van der Waals surface area contributed by atoms with Gasteiger partial charge in [0.15, 0.2) is 5.78 Å². The minimum Gasteiger partial charge on any atom is -0.319 e. The van der Waals surface area contributed by atoms with Gasteiger partial charge >= 0.3 is 0 Å². The minimum atomic E-state index is -0.348. The first-order valence-corrected chi connectivity index (χ1v) is 7.60. The van der Waals surface area contributed by atoms with Crippen LogP contribution >= 0.6 is 15.9 Å². The molecule has 1 N–H and O–H groups in total. The summed E-state index contributed by atoms with van der Waals surface area (Å²) in [4.78, 5) is 12.5. The van der Waals surface area contributed by atoms with E-state index in [9.17, 15) is 9.18 Å². The van der Waals surface area contributed by atoms with E-state index in [2.05, 4.69) is 21.2 Å². The highest BCUT2D eigenvalue weighted by molar-refractivity contribution is 9.10. The molecule has 2 rings (SSSR count). The van der Waals surface area contributed by atoms with E-state index in [-0.39, 0.29) is 18.0 Å². The predicted octanol–water partition coefficient (Wildman–Crippen LogP) is 3.78. The lowest BCUT2D eigenvalue weighted by Gasteiger charge is -2.09. The zero-order valence-corrected chi connectivity index (χ0v) is 13.4. The van der Waals surface area contributed by atoms with Crippen LogP contribution in [0.15, 0.2) is 46.9 Å². The Morgan fingerprint density at radius 2 is 1.95 bits per heavy atom. The highest BCUT2D eigenvalue weighted by Gasteiger charge is 2.14. The second kappa shape index (κ2) is 7.48. The largest absolute Gasteiger partial charge is 0.319 e. The van der Waals surface area contributed by atoms with Gasteiger partial charge in [-0.3, -0.25) is 4.79 Å². The van der Waals surface area contributed by atoms with E-state index in [1.165, 1.54) is 6.07 Å². The monoisotopic (exact) mass is 349 g/mol. The molecule has 0 radical (unpaired) electrons. The first-order chi connectivity index (χ1) is 10.1. The summed E-state index contributed by atoms with van der Waals surface area (Å²) in [5.74, 6) is -0.405. The number of carbonyl (C=O) groups excluding carboxylic acids is 1. The van der Waals surface area contributed by atoms with Gasteiger partial charge in [-0.25, -0.2) is 4.39 Å². The highest BCUT2D eigenvalue weighted by Crippen LogP contribution is 2.19. The number of carbonyl (C=O) groups is 1. The average molecular weight is 350 g/mol. The van der Waals surface area contributed by atoms with Gasteiger partial charge in [0.1, 0.15) is 5.82 Å². The van der Waals surface area contributed by atoms with Crippen molar-refractivity contribution in [1.29, 1.82) is 0 Å². The van der Waals surface area contributed by atoms with Gasteiger partial charge in [-0.15, -0.1) is 0 Å². The summed E-state index contributed by atoms with van der Waals surface area (Å²) in [7, 11) is 1.88. The van der Waals surface area contributed by atoms with Crippen molar-refractivity contribution in [2.24, 2.45) is 0 Å². The Labute approximate surface area is 132 Å². The lowest BCUT2D eigenvalue weighted by Crippen LogP contribution is -2.14. The average Bonchev–Trinajstić information content (AvgIpc) is 2.49. The molecule has 110 valence electrons. The van der Waals surface area contributed by atoms with Crippen LogP contribution < -0.4 is 5.32 Å². The molecule has 0 atom stereocenters. The van der Waals surface area contributed by atoms with E-state index in [1.54, 1.807) is 12.1 Å². The predicted molar refractivity (Wildman–Crippen MR) is 86.2 cm³/mol. The number of Topliss-reactive ketones (excluding diaryl/α,β-unsaturated/α-hetero) is 1. The molecule has 0 aliphatic heterocycles. The van der Waals surface area contributed by atoms with E-state index < -0.39 is 0 Å². The summed E-state index contributed by atoms with van der Waals surface area (Å²) in [6, 6.07) is 12.2. The van der Waals surface area contributed by atoms with Crippen LogP contribution in [0.2, 0.25) is 0 Å². The highest BCUT2D eigenvalue weighted by atomic mass is 79.9. The van der Waals surface area contributed by atoms with Crippen LogP contribution in [-0.2, 0) is 12.8 Å². The summed E-state index contributed by atoms with van der Waals surface area (Å²) >= 11 is 3.30. The molecule has 0 aromatic heterocycles. The Kier molecular flexibility index (Phi) is 5.65. The molecule has 0 bridgehead atoms. The molecule has 0 fully saturated rings. The third-order valence-electron chi connectivity index (χ3n) is 3.32. The van der Waals surface area contributed by atoms with Crippen molar-refractivity contribution in [2.75, 3.05) is 13.6 Å². The maximum absolute atomic E-state index is 13.8. The maximum Gasteiger partial charge on any atom is 0.167 e. The number of hydrogen-bond acceptors (Lipinski definition) is 2. The molecule has 0 aliphatic carbocycles. The van der Waals surface area contributed by atoms with E-state index in [0.29, 0.717) is 11.1 Å². The molecule has 0 spiro atoms. The molecule has 2 nitrogen and oxygen atoms in total. The normalized spacial score (nSPS) is 10.6. The third kappa shape index (κ3) is 4.22. The number of benzene rings is 2. The number of ketones is 1. The van der Waals surface area contributed by atoms with Gasteiger partial charge in [0.25, 0.3) is 0 Å². The Morgan fingerprint density at radius 1 is 1.19 bits per heavy atom. The lowest BCUT2D eigenvalue weighted by molar-refractivity contribution is 0.0991. The fourth-order valence-electron chi connectivity index (χ4n) is 2.22. The van der Waals surface area contributed by atoms with Crippen molar-refractivity contribution < 1.29 is 9.18 Å². The minimum absolute atomic E-state index is 0.0568. The molecular weight excluding hydrogens is 333 g/mol. The molecule has 0 heterocycles. The summed E-state index contributed by atoms with van der Waals surface area (Å²) in [6.07, 6.45) is 0.848. The van der Waals surface area contributed by atoms with E-state index >= 15 is 0 Å². The van der Waals surface area contributed by atoms with E-state index in [4.69, 9.17) is 0 Å². The van der Waals surface area contributed by atoms with E-state index in [1.807, 2.05) is 31.3 Å². The van der Waals surface area contributed by atoms with Crippen LogP contribution in [0.3, 0.4) is 0 Å². The number of nitrogens with one attached hydrogen (secondary N) is 1. The molecule has 0 aliphatic rings. The zero-order valence-electron chi connectivity index (χ0n) is 11.8. The van der Waals surface area contributed by atoms with Crippen LogP contribution in [0.5, 0.6) is 0 Å². The second-order valence-corrected chi connectivity index (χ2v) is 5.76. The van der Waals surface area contributed by atoms with Gasteiger partial charge < -0.3 is 5.32 Å². The quantitative estimate of drug-likeness (QED) is 0.804. The molecule has 0 amide bonds. The molecular formula is C17H17BrFNO. The summed E-state index contributed by atoms with van der Waals surface area (Å²) in [5, 5.41) is 3.07. The van der Waals surface area contributed by atoms with Crippen molar-refractivity contribution in [3.8, 4) is 0 Å². The van der Waals surface area contributed by atoms with Crippen molar-refractivity contribution >= 4 is 21.7 Å². The number of rotatable bonds is 6. The van der Waals surface area contributed by atoms with Crippen molar-refractivity contribution in [3.05, 3.63) is 69.4 Å². The zero-order chi connectivity index (χ0) is 15.2. The first kappa shape index (κ1) is 15.9. The SMILES string of the molecule is CNCCc1ccccc1C(=O)Cc1cc(Br)ccc1F. The standard InChI is InChI=1S/C17H17BrFNO/c1-20-9-8-12-4-2-3-5-15(12)17(21)11-13-10-14(18)6-7-16(13)19/h2-7,10,20H,8-9,11H2,1H3. The molecule has 0 unspecified atom stereocenters. The lowest BCUT2D eigenvalue weighted by atomic mass is 9.96. The smallest absolute Gasteiger partial charge is 0.167 e. The van der Waals surface area contributed by atoms with Gasteiger partial charge in [0.2, 0.25) is 0 Å². The van der Waals surface area contributed by atoms with Gasteiger partial charge in [-0.2, -0.15) is 0 Å². The molecule has 2 aromatic rings. The van der Waals surface area contributed by atoms with Crippen LogP contribution in [0, 0.1) is 5.82 Å². The molecule has 0 saturated heterocycles. The molecule has 2 aromatic carbocycles. The number of halogens is 2. The van der Waals surface area contributed by atoms with Crippen molar-refractivity contribution in [3.63, 3.8) is 0 Å². The number of hydrogen-bond donors (Lipinski definition) is 1. The summed E-state index contributed by atoms with van der Waals surface area (Å²) < 4.78 is 14.5. The van der Waals surface area contributed by atoms with Gasteiger partial charge in [-0.05, 0) is 49.3 Å². The fraction of sp³-hybridized carbons (Fsp3) is 0.235. The fourth-order valence-corrected chi connectivity index (χ4v) is 2.63. The Hall–Kier alpha value is -1.52. The van der Waals surface area contributed by atoms with Crippen molar-refractivity contribution in [1.82, 2.24) is 5.32 Å². The second-order valence-electron chi connectivity index (χ2n) is 4.85. The maximum atomic E-state index is 13.8. The van der Waals surface area contributed by atoms with Crippen molar-refractivity contribution in [2.45, 2.75) is 12.8 Å². The van der Waals surface area contributed by atoms with Gasteiger partial charge in [-0.1, -0.05) is 40.2 Å². The Bertz CT molecular complexity index is 642. The van der Waals surface area contributed by atoms with Crippen LogP contribution in [0.1, 0.15) is 21.5 Å². The van der Waals surface area contributed by atoms with Crippen LogP contribution in [0.4, 0.5) is 4.39 Å². The van der Waals surface area contributed by atoms with Crippen LogP contribution in [0.25, 0.3) is 0 Å². The summed E-state index contributed by atoms with van der Waals surface area (Å²) in [5.41, 5.74) is 2.08. The first-order valence-electron chi connectivity index (χ1n) is 6.81. The summed E-state index contributed by atoms with van der Waals surface area (Å²) in [6.45, 7) is 0.801.